The highest BCUT2D eigenvalue weighted by Crippen LogP contribution is 2.35. The van der Waals surface area contributed by atoms with Gasteiger partial charge in [-0.25, -0.2) is 4.79 Å². The maximum atomic E-state index is 12.0. The number of hydrogen-bond donors (Lipinski definition) is 1. The lowest BCUT2D eigenvalue weighted by Crippen LogP contribution is -2.49. The Morgan fingerprint density at radius 1 is 1.53 bits per heavy atom. The summed E-state index contributed by atoms with van der Waals surface area (Å²) in [7, 11) is 0. The fourth-order valence-corrected chi connectivity index (χ4v) is 2.06. The first kappa shape index (κ1) is 12.3. The third-order valence-corrected chi connectivity index (χ3v) is 3.08. The van der Waals surface area contributed by atoms with E-state index in [-0.39, 0.29) is 31.1 Å². The Morgan fingerprint density at radius 2 is 2.29 bits per heavy atom. The van der Waals surface area contributed by atoms with Gasteiger partial charge in [0.1, 0.15) is 0 Å². The number of rotatable bonds is 4. The number of hydrogen-bond acceptors (Lipinski definition) is 4. The Kier molecular flexibility index (Phi) is 3.63. The summed E-state index contributed by atoms with van der Waals surface area (Å²) in [4.78, 5) is 24.4. The van der Waals surface area contributed by atoms with Gasteiger partial charge in [-0.05, 0) is 13.3 Å². The lowest BCUT2D eigenvalue weighted by Gasteiger charge is -2.31. The van der Waals surface area contributed by atoms with E-state index in [9.17, 15) is 9.59 Å². The van der Waals surface area contributed by atoms with Gasteiger partial charge in [-0.15, -0.1) is 0 Å². The molecular weight excluding hydrogens is 226 g/mol. The van der Waals surface area contributed by atoms with Crippen LogP contribution in [0.2, 0.25) is 0 Å². The molecule has 1 amide bonds. The van der Waals surface area contributed by atoms with E-state index in [4.69, 9.17) is 14.6 Å². The van der Waals surface area contributed by atoms with E-state index < -0.39 is 12.1 Å². The second kappa shape index (κ2) is 5.01. The number of morpholine rings is 1. The van der Waals surface area contributed by atoms with E-state index in [1.54, 1.807) is 4.90 Å². The Hall–Kier alpha value is -1.14. The molecule has 96 valence electrons. The summed E-state index contributed by atoms with van der Waals surface area (Å²) in [5.74, 6) is -1.10. The average Bonchev–Trinajstić information content (AvgIpc) is 3.08. The molecule has 2 aliphatic rings. The predicted octanol–water partition coefficient (Wildman–Crippen LogP) is -0.277. The molecule has 6 nitrogen and oxygen atoms in total. The van der Waals surface area contributed by atoms with Gasteiger partial charge in [0.15, 0.2) is 6.10 Å². The molecule has 0 aromatic heterocycles. The van der Waals surface area contributed by atoms with E-state index in [2.05, 4.69) is 0 Å². The van der Waals surface area contributed by atoms with E-state index in [0.29, 0.717) is 13.2 Å². The summed E-state index contributed by atoms with van der Waals surface area (Å²) >= 11 is 0. The van der Waals surface area contributed by atoms with Crippen LogP contribution in [-0.4, -0.2) is 60.4 Å². The first-order valence-electron chi connectivity index (χ1n) is 5.88. The lowest BCUT2D eigenvalue weighted by molar-refractivity contribution is -0.160. The van der Waals surface area contributed by atoms with Crippen molar-refractivity contribution in [3.05, 3.63) is 0 Å². The van der Waals surface area contributed by atoms with Gasteiger partial charge in [-0.2, -0.15) is 0 Å². The minimum absolute atomic E-state index is 0.00185. The molecule has 0 radical (unpaired) electrons. The van der Waals surface area contributed by atoms with E-state index >= 15 is 0 Å². The fraction of sp³-hybridized carbons (Fsp3) is 0.818. The minimum atomic E-state index is -1.01. The van der Waals surface area contributed by atoms with Crippen LogP contribution in [-0.2, 0) is 19.1 Å². The van der Waals surface area contributed by atoms with Crippen LogP contribution in [0.5, 0.6) is 0 Å². The highest BCUT2D eigenvalue weighted by atomic mass is 16.5. The van der Waals surface area contributed by atoms with Gasteiger partial charge < -0.3 is 19.5 Å². The first-order chi connectivity index (χ1) is 8.13. The maximum absolute atomic E-state index is 12.0. The van der Waals surface area contributed by atoms with Crippen LogP contribution in [0.25, 0.3) is 0 Å². The Bertz CT molecular complexity index is 319. The van der Waals surface area contributed by atoms with E-state index in [1.807, 2.05) is 6.92 Å². The number of carboxylic acids is 1. The summed E-state index contributed by atoms with van der Waals surface area (Å²) in [6, 6.07) is 0. The lowest BCUT2D eigenvalue weighted by atomic mass is 10.2. The third-order valence-electron chi connectivity index (χ3n) is 3.08. The molecule has 0 spiro atoms. The van der Waals surface area contributed by atoms with Gasteiger partial charge in [0.05, 0.1) is 25.2 Å². The van der Waals surface area contributed by atoms with Crippen molar-refractivity contribution in [2.24, 2.45) is 5.92 Å². The molecule has 1 saturated carbocycles. The van der Waals surface area contributed by atoms with Crippen LogP contribution in [0.4, 0.5) is 0 Å². The maximum Gasteiger partial charge on any atom is 0.334 e. The zero-order valence-electron chi connectivity index (χ0n) is 9.80. The van der Waals surface area contributed by atoms with Crippen LogP contribution in [0.15, 0.2) is 0 Å². The second-order valence-electron chi connectivity index (χ2n) is 4.32. The zero-order valence-corrected chi connectivity index (χ0v) is 9.80. The van der Waals surface area contributed by atoms with Crippen molar-refractivity contribution >= 4 is 11.9 Å². The van der Waals surface area contributed by atoms with E-state index in [1.165, 1.54) is 0 Å². The molecule has 17 heavy (non-hydrogen) atoms. The summed E-state index contributed by atoms with van der Waals surface area (Å²) in [5.41, 5.74) is 0. The van der Waals surface area contributed by atoms with Crippen molar-refractivity contribution in [2.45, 2.75) is 25.6 Å². The summed E-state index contributed by atoms with van der Waals surface area (Å²) in [6.45, 7) is 3.40. The van der Waals surface area contributed by atoms with Gasteiger partial charge >= 0.3 is 5.97 Å². The predicted molar refractivity (Wildman–Crippen MR) is 57.5 cm³/mol. The zero-order chi connectivity index (χ0) is 12.4. The first-order valence-corrected chi connectivity index (χ1v) is 5.88. The van der Waals surface area contributed by atoms with Crippen molar-refractivity contribution in [2.75, 3.05) is 26.3 Å². The Labute approximate surface area is 99.5 Å². The number of amides is 1. The Balaban J connectivity index is 1.86. The molecule has 1 N–H and O–H groups in total. The van der Waals surface area contributed by atoms with Crippen LogP contribution >= 0.6 is 0 Å². The van der Waals surface area contributed by atoms with Crippen LogP contribution in [0, 0.1) is 5.92 Å². The van der Waals surface area contributed by atoms with Crippen molar-refractivity contribution in [3.8, 4) is 0 Å². The monoisotopic (exact) mass is 243 g/mol. The van der Waals surface area contributed by atoms with Crippen LogP contribution < -0.4 is 0 Å². The van der Waals surface area contributed by atoms with Gasteiger partial charge in [0, 0.05) is 13.2 Å². The second-order valence-corrected chi connectivity index (χ2v) is 4.32. The third kappa shape index (κ3) is 2.76. The molecule has 6 heteroatoms. The van der Waals surface area contributed by atoms with Crippen molar-refractivity contribution < 1.29 is 24.2 Å². The molecule has 0 bridgehead atoms. The molecule has 1 heterocycles. The fourth-order valence-electron chi connectivity index (χ4n) is 2.06. The van der Waals surface area contributed by atoms with Crippen molar-refractivity contribution in [1.82, 2.24) is 4.90 Å². The molecule has 0 aromatic carbocycles. The number of ether oxygens (including phenoxy) is 2. The van der Waals surface area contributed by atoms with E-state index in [0.717, 1.165) is 6.42 Å². The summed E-state index contributed by atoms with van der Waals surface area (Å²) in [6.07, 6.45) is -0.113. The molecular formula is C11H17NO5. The van der Waals surface area contributed by atoms with Gasteiger partial charge in [0.25, 0.3) is 0 Å². The Morgan fingerprint density at radius 3 is 2.94 bits per heavy atom. The van der Waals surface area contributed by atoms with Gasteiger partial charge in [0.2, 0.25) is 5.91 Å². The molecule has 1 saturated heterocycles. The largest absolute Gasteiger partial charge is 0.479 e. The SMILES string of the molecule is CCOC1CC1C(=O)N1CCOC(C(=O)O)C1. The molecule has 3 unspecified atom stereocenters. The number of carbonyl (C=O) groups excluding carboxylic acids is 1. The molecule has 2 rings (SSSR count). The summed E-state index contributed by atoms with van der Waals surface area (Å²) < 4.78 is 10.4. The normalized spacial score (nSPS) is 32.3. The number of carbonyl (C=O) groups is 2. The average molecular weight is 243 g/mol. The van der Waals surface area contributed by atoms with Gasteiger partial charge in [-0.1, -0.05) is 0 Å². The van der Waals surface area contributed by atoms with Crippen molar-refractivity contribution in [1.29, 1.82) is 0 Å². The number of aliphatic carboxylic acids is 1. The van der Waals surface area contributed by atoms with Crippen LogP contribution in [0.1, 0.15) is 13.3 Å². The molecule has 2 fully saturated rings. The minimum Gasteiger partial charge on any atom is -0.479 e. The number of carboxylic acid groups (broad SMARTS) is 1. The molecule has 3 atom stereocenters. The standard InChI is InChI=1S/C11H17NO5/c1-2-16-8-5-7(8)10(13)12-3-4-17-9(6-12)11(14)15/h7-9H,2-6H2,1H3,(H,14,15). The molecule has 1 aliphatic carbocycles. The number of nitrogens with zero attached hydrogens (tertiary/aromatic N) is 1. The summed E-state index contributed by atoms with van der Waals surface area (Å²) in [5, 5.41) is 8.84. The molecule has 1 aliphatic heterocycles. The topological polar surface area (TPSA) is 76.1 Å². The highest BCUT2D eigenvalue weighted by Gasteiger charge is 2.46. The molecule has 0 aromatic rings. The smallest absolute Gasteiger partial charge is 0.334 e. The quantitative estimate of drug-likeness (QED) is 0.735. The van der Waals surface area contributed by atoms with Gasteiger partial charge in [-0.3, -0.25) is 4.79 Å². The van der Waals surface area contributed by atoms with Crippen molar-refractivity contribution in [3.63, 3.8) is 0 Å². The highest BCUT2D eigenvalue weighted by molar-refractivity contribution is 5.83. The van der Waals surface area contributed by atoms with Crippen LogP contribution in [0.3, 0.4) is 0 Å².